The summed E-state index contributed by atoms with van der Waals surface area (Å²) in [6, 6.07) is 14.5. The third-order valence-corrected chi connectivity index (χ3v) is 9.21. The molecule has 0 spiro atoms. The molecule has 0 radical (unpaired) electrons. The summed E-state index contributed by atoms with van der Waals surface area (Å²) in [5.74, 6) is 1.79. The Hall–Kier alpha value is -1.71. The van der Waals surface area contributed by atoms with Crippen LogP contribution in [0.5, 0.6) is 0 Å². The van der Waals surface area contributed by atoms with Gasteiger partial charge in [-0.2, -0.15) is 0 Å². The second-order valence-corrected chi connectivity index (χ2v) is 11.3. The third-order valence-electron chi connectivity index (χ3n) is 4.44. The van der Waals surface area contributed by atoms with Crippen molar-refractivity contribution in [3.8, 4) is 0 Å². The summed E-state index contributed by atoms with van der Waals surface area (Å²) in [7, 11) is 0. The molecule has 4 heterocycles. The summed E-state index contributed by atoms with van der Waals surface area (Å²) < 4.78 is 1.20. The maximum atomic E-state index is 6.44. The van der Waals surface area contributed by atoms with Crippen molar-refractivity contribution in [2.75, 3.05) is 11.1 Å². The molecule has 1 aromatic carbocycles. The predicted molar refractivity (Wildman–Crippen MR) is 137 cm³/mol. The largest absolute Gasteiger partial charge is 0.319 e. The first kappa shape index (κ1) is 21.2. The molecule has 1 N–H and O–H groups in total. The number of fused-ring (bicyclic) bond motifs is 1. The van der Waals surface area contributed by atoms with Crippen LogP contribution in [-0.4, -0.2) is 26.9 Å². The number of nitrogens with zero attached hydrogens (tertiary/aromatic N) is 3. The predicted octanol–water partition coefficient (Wildman–Crippen LogP) is 7.55. The van der Waals surface area contributed by atoms with Gasteiger partial charge >= 0.3 is 0 Å². The summed E-state index contributed by atoms with van der Waals surface area (Å²) in [6.07, 6.45) is 3.77. The quantitative estimate of drug-likeness (QED) is 0.305. The van der Waals surface area contributed by atoms with E-state index in [1.165, 1.54) is 9.60 Å². The highest BCUT2D eigenvalue weighted by atomic mass is 35.5. The summed E-state index contributed by atoms with van der Waals surface area (Å²) in [4.78, 5) is 18.1. The Morgan fingerprint density at radius 2 is 1.97 bits per heavy atom. The molecule has 1 atom stereocenters. The Kier molecular flexibility index (Phi) is 6.43. The lowest BCUT2D eigenvalue weighted by Crippen LogP contribution is -2.08. The van der Waals surface area contributed by atoms with Gasteiger partial charge in [0.15, 0.2) is 5.17 Å². The number of amidine groups is 1. The van der Waals surface area contributed by atoms with Gasteiger partial charge in [0.05, 0.1) is 26.2 Å². The van der Waals surface area contributed by atoms with Crippen molar-refractivity contribution in [2.45, 2.75) is 32.5 Å². The van der Waals surface area contributed by atoms with Crippen LogP contribution in [0, 0.1) is 0 Å². The number of rotatable bonds is 5. The van der Waals surface area contributed by atoms with Gasteiger partial charge in [0.25, 0.3) is 0 Å². The van der Waals surface area contributed by atoms with Gasteiger partial charge in [0.2, 0.25) is 0 Å². The Morgan fingerprint density at radius 3 is 2.81 bits per heavy atom. The van der Waals surface area contributed by atoms with Gasteiger partial charge in [-0.25, -0.2) is 4.98 Å². The van der Waals surface area contributed by atoms with E-state index in [2.05, 4.69) is 45.8 Å². The monoisotopic (exact) mass is 500 g/mol. The van der Waals surface area contributed by atoms with E-state index in [9.17, 15) is 0 Å². The molecule has 0 fully saturated rings. The van der Waals surface area contributed by atoms with Crippen LogP contribution in [0.3, 0.4) is 0 Å². The molecule has 31 heavy (non-hydrogen) atoms. The zero-order valence-electron chi connectivity index (χ0n) is 16.4. The lowest BCUT2D eigenvalue weighted by atomic mass is 10.4. The van der Waals surface area contributed by atoms with Gasteiger partial charge in [-0.3, -0.25) is 9.98 Å². The van der Waals surface area contributed by atoms with Crippen molar-refractivity contribution in [1.82, 2.24) is 9.97 Å². The average Bonchev–Trinajstić information content (AvgIpc) is 3.41. The molecule has 9 heteroatoms. The summed E-state index contributed by atoms with van der Waals surface area (Å²) >= 11 is 13.2. The minimum Gasteiger partial charge on any atom is -0.319 e. The van der Waals surface area contributed by atoms with Crippen LogP contribution in [0.4, 0.5) is 5.82 Å². The van der Waals surface area contributed by atoms with Crippen molar-refractivity contribution < 1.29 is 0 Å². The number of pyridine rings is 2. The van der Waals surface area contributed by atoms with Crippen molar-refractivity contribution in [3.05, 3.63) is 65.3 Å². The Morgan fingerprint density at radius 1 is 1.06 bits per heavy atom. The number of hydrogen-bond acceptors (Lipinski definition) is 8. The first-order chi connectivity index (χ1) is 15.2. The number of anilines is 1. The fourth-order valence-corrected chi connectivity index (χ4v) is 7.05. The molecule has 0 bridgehead atoms. The highest BCUT2D eigenvalue weighted by Crippen LogP contribution is 2.41. The summed E-state index contributed by atoms with van der Waals surface area (Å²) in [6.45, 7) is 2.12. The van der Waals surface area contributed by atoms with Crippen LogP contribution < -0.4 is 5.32 Å². The normalized spacial score (nSPS) is 15.9. The van der Waals surface area contributed by atoms with Crippen molar-refractivity contribution in [2.24, 2.45) is 4.99 Å². The van der Waals surface area contributed by atoms with Crippen LogP contribution in [0.15, 0.2) is 84.8 Å². The SMILES string of the molecule is CC1CSC(Nc2ncc(Sc3ccnc4ccsc34)cc2Sc2ccccc2Cl)=N1. The molecular weight excluding hydrogens is 484 g/mol. The van der Waals surface area contributed by atoms with Crippen molar-refractivity contribution in [3.63, 3.8) is 0 Å². The molecule has 1 aliphatic heterocycles. The molecule has 3 aromatic heterocycles. The van der Waals surface area contributed by atoms with Crippen LogP contribution in [0.1, 0.15) is 6.92 Å². The number of thiophene rings is 1. The van der Waals surface area contributed by atoms with Gasteiger partial charge in [-0.15, -0.1) is 11.3 Å². The molecule has 0 amide bonds. The number of hydrogen-bond donors (Lipinski definition) is 1. The fraction of sp³-hybridized carbons (Fsp3) is 0.136. The van der Waals surface area contributed by atoms with Crippen LogP contribution in [0.25, 0.3) is 10.2 Å². The van der Waals surface area contributed by atoms with Gasteiger partial charge < -0.3 is 5.32 Å². The highest BCUT2D eigenvalue weighted by Gasteiger charge is 2.18. The van der Waals surface area contributed by atoms with E-state index in [-0.39, 0.29) is 0 Å². The van der Waals surface area contributed by atoms with E-state index in [4.69, 9.17) is 16.6 Å². The topological polar surface area (TPSA) is 50.2 Å². The van der Waals surface area contributed by atoms with Crippen LogP contribution in [0.2, 0.25) is 5.02 Å². The summed E-state index contributed by atoms with van der Waals surface area (Å²) in [5, 5.41) is 7.13. The number of benzene rings is 1. The second-order valence-electron chi connectivity index (χ2n) is 6.82. The molecular formula is C22H17ClN4S4. The number of halogens is 1. The number of aliphatic imine (C=N–C) groups is 1. The lowest BCUT2D eigenvalue weighted by Gasteiger charge is -2.13. The zero-order chi connectivity index (χ0) is 21.2. The van der Waals surface area contributed by atoms with Crippen LogP contribution >= 0.6 is 58.2 Å². The van der Waals surface area contributed by atoms with Crippen LogP contribution in [-0.2, 0) is 0 Å². The van der Waals surface area contributed by atoms with Gasteiger partial charge in [0, 0.05) is 32.8 Å². The molecule has 1 aliphatic rings. The molecule has 156 valence electrons. The maximum absolute atomic E-state index is 6.44. The van der Waals surface area contributed by atoms with Gasteiger partial charge in [0.1, 0.15) is 5.82 Å². The molecule has 0 saturated heterocycles. The first-order valence-electron chi connectivity index (χ1n) is 9.56. The zero-order valence-corrected chi connectivity index (χ0v) is 20.4. The van der Waals surface area contributed by atoms with Crippen molar-refractivity contribution >= 4 is 79.4 Å². The average molecular weight is 501 g/mol. The second kappa shape index (κ2) is 9.42. The van der Waals surface area contributed by atoms with Gasteiger partial charge in [-0.05, 0) is 42.6 Å². The van der Waals surface area contributed by atoms with E-state index < -0.39 is 0 Å². The molecule has 4 aromatic rings. The third kappa shape index (κ3) is 4.88. The van der Waals surface area contributed by atoms with E-state index in [1.54, 1.807) is 46.6 Å². The maximum Gasteiger partial charge on any atom is 0.162 e. The van der Waals surface area contributed by atoms with E-state index in [0.29, 0.717) is 6.04 Å². The first-order valence-corrected chi connectivity index (χ1v) is 13.4. The number of aromatic nitrogens is 2. The summed E-state index contributed by atoms with van der Waals surface area (Å²) in [5.41, 5.74) is 1.03. The Bertz CT molecular complexity index is 1270. The number of thioether (sulfide) groups is 1. The highest BCUT2D eigenvalue weighted by molar-refractivity contribution is 8.14. The van der Waals surface area contributed by atoms with Gasteiger partial charge in [-0.1, -0.05) is 59.0 Å². The van der Waals surface area contributed by atoms with E-state index in [0.717, 1.165) is 42.0 Å². The van der Waals surface area contributed by atoms with E-state index in [1.807, 2.05) is 36.7 Å². The molecule has 4 nitrogen and oxygen atoms in total. The smallest absolute Gasteiger partial charge is 0.162 e. The molecule has 5 rings (SSSR count). The Labute approximate surface area is 202 Å². The Balaban J connectivity index is 1.49. The molecule has 0 aliphatic carbocycles. The number of nitrogens with one attached hydrogen (secondary N) is 1. The van der Waals surface area contributed by atoms with E-state index >= 15 is 0 Å². The minimum atomic E-state index is 0.321. The standard InChI is InChI=1S/C22H17ClN4S4/c1-13-12-29-22(26-13)27-21-19(31-17-5-3-2-4-15(17)23)10-14(11-25-21)30-18-6-8-24-16-7-9-28-20(16)18/h2-11,13H,12H2,1H3,(H,25,26,27). The minimum absolute atomic E-state index is 0.321. The fourth-order valence-electron chi connectivity index (χ4n) is 3.00. The molecule has 1 unspecified atom stereocenters. The van der Waals surface area contributed by atoms with Crippen molar-refractivity contribution in [1.29, 1.82) is 0 Å². The molecule has 0 saturated carbocycles. The lowest BCUT2D eigenvalue weighted by molar-refractivity contribution is 0.865.